The van der Waals surface area contributed by atoms with Gasteiger partial charge in [-0.1, -0.05) is 0 Å². The van der Waals surface area contributed by atoms with E-state index in [0.29, 0.717) is 28.2 Å². The highest BCUT2D eigenvalue weighted by Gasteiger charge is 2.29. The number of amides is 2. The number of rotatable bonds is 5. The van der Waals surface area contributed by atoms with Crippen LogP contribution in [0.1, 0.15) is 0 Å². The summed E-state index contributed by atoms with van der Waals surface area (Å²) in [6, 6.07) is 8.43. The Hall–Kier alpha value is -4.41. The SMILES string of the molecule is COc1cc2ncnc(Nc3ccc4cn[nH]c4c3)c2cc1NC(=O)[C@@H]1COC(=O)N1. The Balaban J connectivity index is 1.49. The van der Waals surface area contributed by atoms with Gasteiger partial charge in [0, 0.05) is 22.5 Å². The smallest absolute Gasteiger partial charge is 0.407 e. The van der Waals surface area contributed by atoms with Gasteiger partial charge in [-0.05, 0) is 24.3 Å². The molecule has 0 saturated carbocycles. The van der Waals surface area contributed by atoms with E-state index in [1.54, 1.807) is 18.3 Å². The van der Waals surface area contributed by atoms with Crippen LogP contribution in [0.3, 0.4) is 0 Å². The molecule has 4 N–H and O–H groups in total. The lowest BCUT2D eigenvalue weighted by Crippen LogP contribution is -2.38. The fraction of sp³-hybridized carbons (Fsp3) is 0.150. The number of aromatic amines is 1. The van der Waals surface area contributed by atoms with Crippen LogP contribution < -0.4 is 20.7 Å². The first-order valence-corrected chi connectivity index (χ1v) is 9.38. The van der Waals surface area contributed by atoms with Crippen molar-refractivity contribution in [2.75, 3.05) is 24.4 Å². The fourth-order valence-corrected chi connectivity index (χ4v) is 3.35. The number of nitrogens with one attached hydrogen (secondary N) is 4. The number of anilines is 3. The molecule has 4 aromatic rings. The van der Waals surface area contributed by atoms with Gasteiger partial charge in [0.05, 0.1) is 30.0 Å². The molecule has 2 aromatic carbocycles. The van der Waals surface area contributed by atoms with Crippen LogP contribution in [0.25, 0.3) is 21.8 Å². The maximum absolute atomic E-state index is 12.5. The lowest BCUT2D eigenvalue weighted by Gasteiger charge is -2.15. The summed E-state index contributed by atoms with van der Waals surface area (Å²) in [4.78, 5) is 32.4. The summed E-state index contributed by atoms with van der Waals surface area (Å²) >= 11 is 0. The Morgan fingerprint density at radius 2 is 2.16 bits per heavy atom. The monoisotopic (exact) mass is 419 g/mol. The third-order valence-electron chi connectivity index (χ3n) is 4.91. The highest BCUT2D eigenvalue weighted by atomic mass is 16.6. The largest absolute Gasteiger partial charge is 0.494 e. The van der Waals surface area contributed by atoms with E-state index in [0.717, 1.165) is 16.6 Å². The normalized spacial score (nSPS) is 15.5. The molecule has 1 fully saturated rings. The van der Waals surface area contributed by atoms with E-state index in [1.165, 1.54) is 13.4 Å². The van der Waals surface area contributed by atoms with Gasteiger partial charge < -0.3 is 25.4 Å². The average Bonchev–Trinajstić information content (AvgIpc) is 3.42. The molecular formula is C20H17N7O4. The number of nitrogens with zero attached hydrogens (tertiary/aromatic N) is 3. The number of carbonyl (C=O) groups is 2. The molecule has 1 aliphatic rings. The molecular weight excluding hydrogens is 402 g/mol. The van der Waals surface area contributed by atoms with Crippen molar-refractivity contribution in [3.63, 3.8) is 0 Å². The second-order valence-corrected chi connectivity index (χ2v) is 6.87. The summed E-state index contributed by atoms with van der Waals surface area (Å²) in [5.74, 6) is 0.564. The lowest BCUT2D eigenvalue weighted by molar-refractivity contribution is -0.117. The Kier molecular flexibility index (Phi) is 4.47. The lowest BCUT2D eigenvalue weighted by atomic mass is 10.1. The summed E-state index contributed by atoms with van der Waals surface area (Å²) < 4.78 is 10.2. The number of aromatic nitrogens is 4. The molecule has 3 heterocycles. The third-order valence-corrected chi connectivity index (χ3v) is 4.91. The molecule has 31 heavy (non-hydrogen) atoms. The van der Waals surface area contributed by atoms with Gasteiger partial charge in [-0.3, -0.25) is 9.89 Å². The van der Waals surface area contributed by atoms with Crippen molar-refractivity contribution < 1.29 is 19.1 Å². The highest BCUT2D eigenvalue weighted by Crippen LogP contribution is 2.33. The van der Waals surface area contributed by atoms with Crippen molar-refractivity contribution in [3.8, 4) is 5.75 Å². The molecule has 1 aliphatic heterocycles. The average molecular weight is 419 g/mol. The second kappa shape index (κ2) is 7.44. The van der Waals surface area contributed by atoms with Gasteiger partial charge in [-0.15, -0.1) is 0 Å². The van der Waals surface area contributed by atoms with Crippen LogP contribution in [-0.4, -0.2) is 51.9 Å². The molecule has 156 valence electrons. The molecule has 5 rings (SSSR count). The Morgan fingerprint density at radius 3 is 2.97 bits per heavy atom. The molecule has 1 saturated heterocycles. The van der Waals surface area contributed by atoms with Gasteiger partial charge in [0.25, 0.3) is 5.91 Å². The number of benzene rings is 2. The van der Waals surface area contributed by atoms with Crippen LogP contribution in [0.15, 0.2) is 42.9 Å². The number of alkyl carbamates (subject to hydrolysis) is 1. The number of fused-ring (bicyclic) bond motifs is 2. The van der Waals surface area contributed by atoms with Crippen LogP contribution >= 0.6 is 0 Å². The zero-order chi connectivity index (χ0) is 21.4. The van der Waals surface area contributed by atoms with Crippen molar-refractivity contribution in [1.82, 2.24) is 25.5 Å². The van der Waals surface area contributed by atoms with E-state index in [-0.39, 0.29) is 6.61 Å². The van der Waals surface area contributed by atoms with E-state index in [1.807, 2.05) is 18.2 Å². The topological polar surface area (TPSA) is 143 Å². The van der Waals surface area contributed by atoms with Crippen LogP contribution in [-0.2, 0) is 9.53 Å². The molecule has 0 spiro atoms. The van der Waals surface area contributed by atoms with E-state index >= 15 is 0 Å². The Morgan fingerprint density at radius 1 is 1.26 bits per heavy atom. The molecule has 0 unspecified atom stereocenters. The van der Waals surface area contributed by atoms with Crippen molar-refractivity contribution >= 4 is 51.0 Å². The third kappa shape index (κ3) is 3.52. The van der Waals surface area contributed by atoms with Gasteiger partial charge in [-0.25, -0.2) is 14.8 Å². The minimum atomic E-state index is -0.779. The van der Waals surface area contributed by atoms with Gasteiger partial charge >= 0.3 is 6.09 Å². The standard InChI is InChI=1S/C20H17N7O4/c1-30-17-6-14-12(5-15(17)25-19(28)16-8-31-20(29)26-16)18(22-9-21-14)24-11-3-2-10-7-23-27-13(10)4-11/h2-7,9,16H,8H2,1H3,(H,23,27)(H,25,28)(H,26,29)(H,21,22,24)/t16-/m0/s1. The number of H-pyrrole nitrogens is 1. The number of cyclic esters (lactones) is 1. The van der Waals surface area contributed by atoms with E-state index in [9.17, 15) is 9.59 Å². The quantitative estimate of drug-likeness (QED) is 0.386. The minimum absolute atomic E-state index is 0.0352. The first-order chi connectivity index (χ1) is 15.1. The van der Waals surface area contributed by atoms with Gasteiger partial charge in [-0.2, -0.15) is 5.10 Å². The first-order valence-electron chi connectivity index (χ1n) is 9.38. The van der Waals surface area contributed by atoms with E-state index in [4.69, 9.17) is 9.47 Å². The molecule has 11 nitrogen and oxygen atoms in total. The molecule has 11 heteroatoms. The Bertz CT molecular complexity index is 1320. The van der Waals surface area contributed by atoms with Crippen LogP contribution in [0.2, 0.25) is 0 Å². The summed E-state index contributed by atoms with van der Waals surface area (Å²) in [5.41, 5.74) is 2.75. The van der Waals surface area contributed by atoms with Crippen molar-refractivity contribution in [2.45, 2.75) is 6.04 Å². The van der Waals surface area contributed by atoms with Gasteiger partial charge in [0.15, 0.2) is 0 Å². The number of methoxy groups -OCH3 is 1. The predicted octanol–water partition coefficient (Wildman–Crippen LogP) is 2.31. The van der Waals surface area contributed by atoms with Crippen LogP contribution in [0.5, 0.6) is 5.75 Å². The minimum Gasteiger partial charge on any atom is -0.494 e. The maximum atomic E-state index is 12.5. The summed E-state index contributed by atoms with van der Waals surface area (Å²) in [5, 5.41) is 17.1. The molecule has 0 radical (unpaired) electrons. The van der Waals surface area contributed by atoms with E-state index in [2.05, 4.69) is 36.1 Å². The zero-order valence-corrected chi connectivity index (χ0v) is 16.3. The van der Waals surface area contributed by atoms with Crippen LogP contribution in [0, 0.1) is 0 Å². The van der Waals surface area contributed by atoms with Crippen LogP contribution in [0.4, 0.5) is 22.0 Å². The van der Waals surface area contributed by atoms with Crippen molar-refractivity contribution in [2.24, 2.45) is 0 Å². The van der Waals surface area contributed by atoms with E-state index < -0.39 is 18.0 Å². The summed E-state index contributed by atoms with van der Waals surface area (Å²) in [6.45, 7) is -0.0352. The second-order valence-electron chi connectivity index (χ2n) is 6.87. The summed E-state index contributed by atoms with van der Waals surface area (Å²) in [7, 11) is 1.50. The molecule has 1 atom stereocenters. The first kappa shape index (κ1) is 18.6. The number of carbonyl (C=O) groups excluding carboxylic acids is 2. The zero-order valence-electron chi connectivity index (χ0n) is 16.3. The molecule has 2 aromatic heterocycles. The van der Waals surface area contributed by atoms with Gasteiger partial charge in [0.2, 0.25) is 0 Å². The highest BCUT2D eigenvalue weighted by molar-refractivity contribution is 6.02. The number of hydrogen-bond donors (Lipinski definition) is 4. The maximum Gasteiger partial charge on any atom is 0.407 e. The van der Waals surface area contributed by atoms with Gasteiger partial charge in [0.1, 0.15) is 30.5 Å². The molecule has 0 aliphatic carbocycles. The molecule has 2 amide bonds. The molecule has 0 bridgehead atoms. The summed E-state index contributed by atoms with van der Waals surface area (Å²) in [6.07, 6.45) is 2.57. The number of ether oxygens (including phenoxy) is 2. The fourth-order valence-electron chi connectivity index (χ4n) is 3.35. The Labute approximate surface area is 175 Å². The van der Waals surface area contributed by atoms with Crippen molar-refractivity contribution in [3.05, 3.63) is 42.9 Å². The van der Waals surface area contributed by atoms with Crippen molar-refractivity contribution in [1.29, 1.82) is 0 Å². The number of hydrogen-bond acceptors (Lipinski definition) is 8. The predicted molar refractivity (Wildman–Crippen MR) is 112 cm³/mol.